The third-order valence-corrected chi connectivity index (χ3v) is 2.31. The Bertz CT molecular complexity index is 159. The van der Waals surface area contributed by atoms with Gasteiger partial charge in [-0.2, -0.15) is 0 Å². The van der Waals surface area contributed by atoms with Gasteiger partial charge in [0.1, 0.15) is 6.04 Å². The quantitative estimate of drug-likeness (QED) is 0.628. The van der Waals surface area contributed by atoms with E-state index in [0.717, 1.165) is 19.4 Å². The molecule has 2 atom stereocenters. The number of piperidine rings is 1. The van der Waals surface area contributed by atoms with Crippen molar-refractivity contribution in [3.8, 4) is 0 Å². The Morgan fingerprint density at radius 1 is 1.67 bits per heavy atom. The molecular weight excluding hydrogens is 154 g/mol. The molecular formula is C9H17NO2. The van der Waals surface area contributed by atoms with Gasteiger partial charge in [-0.1, -0.05) is 6.92 Å². The van der Waals surface area contributed by atoms with Crippen molar-refractivity contribution in [3.05, 3.63) is 0 Å². The van der Waals surface area contributed by atoms with Crippen LogP contribution in [0, 0.1) is 5.92 Å². The van der Waals surface area contributed by atoms with E-state index in [2.05, 4.69) is 12.2 Å². The van der Waals surface area contributed by atoms with E-state index in [0.29, 0.717) is 12.5 Å². The second kappa shape index (κ2) is 4.45. The summed E-state index contributed by atoms with van der Waals surface area (Å²) in [5.74, 6) is 0.322. The maximum absolute atomic E-state index is 11.3. The monoisotopic (exact) mass is 171 g/mol. The third-order valence-electron chi connectivity index (χ3n) is 2.31. The molecule has 3 heteroatoms. The van der Waals surface area contributed by atoms with Gasteiger partial charge in [-0.15, -0.1) is 0 Å². The van der Waals surface area contributed by atoms with Gasteiger partial charge in [-0.3, -0.25) is 4.79 Å². The number of carbonyl (C=O) groups is 1. The van der Waals surface area contributed by atoms with Gasteiger partial charge < -0.3 is 10.1 Å². The Balaban J connectivity index is 2.42. The van der Waals surface area contributed by atoms with Crippen molar-refractivity contribution < 1.29 is 9.53 Å². The number of rotatable bonds is 2. The summed E-state index contributed by atoms with van der Waals surface area (Å²) in [6.07, 6.45) is 2.29. The molecule has 1 N–H and O–H groups in total. The van der Waals surface area contributed by atoms with Gasteiger partial charge in [0, 0.05) is 0 Å². The molecule has 1 heterocycles. The summed E-state index contributed by atoms with van der Waals surface area (Å²) in [6, 6.07) is -0.0706. The molecule has 0 bridgehead atoms. The number of hydrogen-bond acceptors (Lipinski definition) is 3. The maximum Gasteiger partial charge on any atom is 0.323 e. The minimum absolute atomic E-state index is 0.0706. The predicted molar refractivity (Wildman–Crippen MR) is 46.8 cm³/mol. The molecule has 1 rings (SSSR count). The Hall–Kier alpha value is -0.570. The number of nitrogens with one attached hydrogen (secondary N) is 1. The summed E-state index contributed by atoms with van der Waals surface area (Å²) in [7, 11) is 0. The largest absolute Gasteiger partial charge is 0.465 e. The van der Waals surface area contributed by atoms with E-state index in [1.54, 1.807) is 0 Å². The lowest BCUT2D eigenvalue weighted by Crippen LogP contribution is -2.46. The highest BCUT2D eigenvalue weighted by Gasteiger charge is 2.28. The second-order valence-electron chi connectivity index (χ2n) is 3.30. The lowest BCUT2D eigenvalue weighted by Gasteiger charge is -2.27. The lowest BCUT2D eigenvalue weighted by atomic mass is 9.93. The van der Waals surface area contributed by atoms with Crippen LogP contribution in [0.15, 0.2) is 0 Å². The van der Waals surface area contributed by atoms with Crippen LogP contribution in [0.5, 0.6) is 0 Å². The smallest absolute Gasteiger partial charge is 0.323 e. The topological polar surface area (TPSA) is 38.3 Å². The van der Waals surface area contributed by atoms with Crippen LogP contribution < -0.4 is 5.32 Å². The fraction of sp³-hybridized carbons (Fsp3) is 0.889. The lowest BCUT2D eigenvalue weighted by molar-refractivity contribution is -0.147. The SMILES string of the molecule is CCOC(=O)C1NCCCC1C. The van der Waals surface area contributed by atoms with Crippen LogP contribution in [-0.2, 0) is 9.53 Å². The Kier molecular flexibility index (Phi) is 3.53. The van der Waals surface area contributed by atoms with Crippen molar-refractivity contribution in [3.63, 3.8) is 0 Å². The highest BCUT2D eigenvalue weighted by Crippen LogP contribution is 2.16. The Morgan fingerprint density at radius 3 is 3.00 bits per heavy atom. The van der Waals surface area contributed by atoms with E-state index in [9.17, 15) is 4.79 Å². The first-order valence-corrected chi connectivity index (χ1v) is 4.65. The maximum atomic E-state index is 11.3. The molecule has 12 heavy (non-hydrogen) atoms. The van der Waals surface area contributed by atoms with E-state index >= 15 is 0 Å². The van der Waals surface area contributed by atoms with Gasteiger partial charge in [-0.05, 0) is 32.2 Å². The molecule has 2 unspecified atom stereocenters. The van der Waals surface area contributed by atoms with Crippen LogP contribution in [0.2, 0.25) is 0 Å². The third kappa shape index (κ3) is 2.21. The molecule has 1 aliphatic rings. The van der Waals surface area contributed by atoms with Crippen LogP contribution in [-0.4, -0.2) is 25.2 Å². The van der Waals surface area contributed by atoms with Crippen LogP contribution in [0.3, 0.4) is 0 Å². The zero-order valence-corrected chi connectivity index (χ0v) is 7.80. The summed E-state index contributed by atoms with van der Waals surface area (Å²) < 4.78 is 4.95. The van der Waals surface area contributed by atoms with E-state index in [1.807, 2.05) is 6.92 Å². The molecule has 0 aromatic rings. The van der Waals surface area contributed by atoms with Crippen LogP contribution >= 0.6 is 0 Å². The first-order chi connectivity index (χ1) is 5.75. The zero-order chi connectivity index (χ0) is 8.97. The van der Waals surface area contributed by atoms with Gasteiger partial charge in [0.2, 0.25) is 0 Å². The molecule has 0 radical (unpaired) electrons. The van der Waals surface area contributed by atoms with Crippen molar-refractivity contribution in [2.75, 3.05) is 13.2 Å². The Morgan fingerprint density at radius 2 is 2.42 bits per heavy atom. The minimum Gasteiger partial charge on any atom is -0.465 e. The van der Waals surface area contributed by atoms with Gasteiger partial charge in [-0.25, -0.2) is 0 Å². The molecule has 1 fully saturated rings. The van der Waals surface area contributed by atoms with Crippen molar-refractivity contribution in [2.24, 2.45) is 5.92 Å². The fourth-order valence-electron chi connectivity index (χ4n) is 1.60. The number of hydrogen-bond donors (Lipinski definition) is 1. The van der Waals surface area contributed by atoms with Gasteiger partial charge >= 0.3 is 5.97 Å². The van der Waals surface area contributed by atoms with Crippen molar-refractivity contribution in [1.29, 1.82) is 0 Å². The van der Waals surface area contributed by atoms with Gasteiger partial charge in [0.15, 0.2) is 0 Å². The van der Waals surface area contributed by atoms with Crippen LogP contribution in [0.25, 0.3) is 0 Å². The highest BCUT2D eigenvalue weighted by atomic mass is 16.5. The van der Waals surface area contributed by atoms with Crippen molar-refractivity contribution in [2.45, 2.75) is 32.7 Å². The second-order valence-corrected chi connectivity index (χ2v) is 3.30. The predicted octanol–water partition coefficient (Wildman–Crippen LogP) is 0.938. The standard InChI is InChI=1S/C9H17NO2/c1-3-12-9(11)8-7(2)5-4-6-10-8/h7-8,10H,3-6H2,1-2H3. The zero-order valence-electron chi connectivity index (χ0n) is 7.80. The molecule has 0 aromatic heterocycles. The van der Waals surface area contributed by atoms with E-state index in [4.69, 9.17) is 4.74 Å². The molecule has 3 nitrogen and oxygen atoms in total. The van der Waals surface area contributed by atoms with Crippen molar-refractivity contribution in [1.82, 2.24) is 5.32 Å². The fourth-order valence-corrected chi connectivity index (χ4v) is 1.60. The summed E-state index contributed by atoms with van der Waals surface area (Å²) >= 11 is 0. The molecule has 0 spiro atoms. The summed E-state index contributed by atoms with van der Waals surface area (Å²) in [5, 5.41) is 3.18. The summed E-state index contributed by atoms with van der Waals surface area (Å²) in [6.45, 7) is 5.34. The molecule has 1 saturated heterocycles. The summed E-state index contributed by atoms with van der Waals surface area (Å²) in [5.41, 5.74) is 0. The molecule has 0 aliphatic carbocycles. The number of ether oxygens (including phenoxy) is 1. The summed E-state index contributed by atoms with van der Waals surface area (Å²) in [4.78, 5) is 11.3. The molecule has 0 aromatic carbocycles. The molecule has 0 saturated carbocycles. The van der Waals surface area contributed by atoms with E-state index in [-0.39, 0.29) is 12.0 Å². The number of carbonyl (C=O) groups excluding carboxylic acids is 1. The van der Waals surface area contributed by atoms with Gasteiger partial charge in [0.25, 0.3) is 0 Å². The van der Waals surface area contributed by atoms with Crippen LogP contribution in [0.1, 0.15) is 26.7 Å². The molecule has 70 valence electrons. The highest BCUT2D eigenvalue weighted by molar-refractivity contribution is 5.76. The number of esters is 1. The molecule has 0 amide bonds. The van der Waals surface area contributed by atoms with Gasteiger partial charge in [0.05, 0.1) is 6.61 Å². The minimum atomic E-state index is -0.0929. The first kappa shape index (κ1) is 9.52. The molecule has 1 aliphatic heterocycles. The normalized spacial score (nSPS) is 29.8. The average Bonchev–Trinajstić information content (AvgIpc) is 2.05. The first-order valence-electron chi connectivity index (χ1n) is 4.65. The van der Waals surface area contributed by atoms with E-state index < -0.39 is 0 Å². The van der Waals surface area contributed by atoms with Crippen LogP contribution in [0.4, 0.5) is 0 Å². The van der Waals surface area contributed by atoms with E-state index in [1.165, 1.54) is 0 Å². The average molecular weight is 171 g/mol. The van der Waals surface area contributed by atoms with Crippen molar-refractivity contribution >= 4 is 5.97 Å². The Labute approximate surface area is 73.5 Å².